The molecular weight excluding hydrogens is 566 g/mol. The highest BCUT2D eigenvalue weighted by molar-refractivity contribution is 7.89. The van der Waals surface area contributed by atoms with E-state index in [-0.39, 0.29) is 12.3 Å². The average Bonchev–Trinajstić information content (AvgIpc) is 3.37. The van der Waals surface area contributed by atoms with Crippen LogP contribution in [0.25, 0.3) is 21.6 Å². The van der Waals surface area contributed by atoms with Gasteiger partial charge in [-0.15, -0.1) is 11.3 Å². The highest BCUT2D eigenvalue weighted by atomic mass is 35.5. The van der Waals surface area contributed by atoms with E-state index in [0.717, 1.165) is 22.1 Å². The lowest BCUT2D eigenvalue weighted by Crippen LogP contribution is -2.24. The van der Waals surface area contributed by atoms with Gasteiger partial charge in [0.2, 0.25) is 15.8 Å². The number of hydrogen-bond donors (Lipinski definition) is 1. The van der Waals surface area contributed by atoms with Crippen molar-refractivity contribution in [3.8, 4) is 21.6 Å². The van der Waals surface area contributed by atoms with E-state index in [2.05, 4.69) is 9.14 Å². The zero-order valence-corrected chi connectivity index (χ0v) is 21.6. The fourth-order valence-corrected chi connectivity index (χ4v) is 6.54. The van der Waals surface area contributed by atoms with Gasteiger partial charge >= 0.3 is 6.18 Å². The van der Waals surface area contributed by atoms with Gasteiger partial charge in [0.1, 0.15) is 10.7 Å². The molecule has 0 amide bonds. The van der Waals surface area contributed by atoms with Crippen molar-refractivity contribution in [2.24, 2.45) is 0 Å². The smallest absolute Gasteiger partial charge is 0.450 e. The third-order valence-electron chi connectivity index (χ3n) is 4.92. The molecule has 0 atom stereocenters. The zero-order chi connectivity index (χ0) is 25.5. The van der Waals surface area contributed by atoms with Crippen LogP contribution in [0, 0.1) is 6.92 Å². The van der Waals surface area contributed by atoms with Crippen molar-refractivity contribution in [1.82, 2.24) is 4.72 Å². The SMILES string of the molecule is Cc1cc(S(=O)(=O)NCc2cc(-c3ccc(Cl)cc3)c(-c3ccc(Cl)cc3Cl)s2)c(C(F)(F)F)o1. The fraction of sp³-hybridized carbons (Fsp3) is 0.130. The summed E-state index contributed by atoms with van der Waals surface area (Å²) in [4.78, 5) is 0.324. The van der Waals surface area contributed by atoms with Gasteiger partial charge in [0.25, 0.3) is 0 Å². The Kier molecular flexibility index (Phi) is 7.30. The van der Waals surface area contributed by atoms with Crippen LogP contribution in [0.5, 0.6) is 0 Å². The molecule has 2 aromatic heterocycles. The van der Waals surface area contributed by atoms with Gasteiger partial charge in [0, 0.05) is 43.5 Å². The predicted molar refractivity (Wildman–Crippen MR) is 133 cm³/mol. The number of hydrogen-bond acceptors (Lipinski definition) is 4. The molecule has 2 heterocycles. The van der Waals surface area contributed by atoms with Crippen LogP contribution in [0.1, 0.15) is 16.4 Å². The monoisotopic (exact) mass is 579 g/mol. The third-order valence-corrected chi connectivity index (χ3v) is 8.29. The molecule has 1 N–H and O–H groups in total. The quantitative estimate of drug-likeness (QED) is 0.249. The van der Waals surface area contributed by atoms with Crippen molar-refractivity contribution in [2.75, 3.05) is 0 Å². The maximum Gasteiger partial charge on any atom is 0.450 e. The van der Waals surface area contributed by atoms with Crippen LogP contribution in [0.4, 0.5) is 13.2 Å². The summed E-state index contributed by atoms with van der Waals surface area (Å²) in [5, 5.41) is 1.39. The summed E-state index contributed by atoms with van der Waals surface area (Å²) in [7, 11) is -4.52. The van der Waals surface area contributed by atoms with Crippen molar-refractivity contribution < 1.29 is 26.0 Å². The second kappa shape index (κ2) is 9.80. The number of benzene rings is 2. The molecule has 0 spiro atoms. The minimum absolute atomic E-state index is 0.168. The second-order valence-electron chi connectivity index (χ2n) is 7.46. The standard InChI is InChI=1S/C23H15Cl3F3NO3S2/c1-12-8-20(22(33-12)23(27,28)29)35(31,32)30-11-16-10-18(13-2-4-14(24)5-3-13)21(34-16)17-7-6-15(25)9-19(17)26/h2-10,30H,11H2,1H3. The van der Waals surface area contributed by atoms with Gasteiger partial charge in [-0.25, -0.2) is 13.1 Å². The van der Waals surface area contributed by atoms with Crippen LogP contribution in [0.15, 0.2) is 63.9 Å². The van der Waals surface area contributed by atoms with Crippen LogP contribution >= 0.6 is 46.1 Å². The Labute approximate surface area is 218 Å². The molecule has 0 fully saturated rings. The third kappa shape index (κ3) is 5.71. The lowest BCUT2D eigenvalue weighted by atomic mass is 10.0. The van der Waals surface area contributed by atoms with E-state index in [1.807, 2.05) is 0 Å². The van der Waals surface area contributed by atoms with E-state index >= 15 is 0 Å². The number of thiophene rings is 1. The van der Waals surface area contributed by atoms with E-state index in [9.17, 15) is 21.6 Å². The Bertz CT molecular complexity index is 1490. The predicted octanol–water partition coefficient (Wildman–Crippen LogP) is 8.44. The van der Waals surface area contributed by atoms with Gasteiger partial charge in [0.15, 0.2) is 0 Å². The van der Waals surface area contributed by atoms with E-state index in [0.29, 0.717) is 25.5 Å². The molecule has 0 radical (unpaired) electrons. The number of alkyl halides is 3. The van der Waals surface area contributed by atoms with Gasteiger partial charge in [-0.3, -0.25) is 0 Å². The Hall–Kier alpha value is -2.01. The first-order chi connectivity index (χ1) is 16.3. The Morgan fingerprint density at radius 3 is 2.23 bits per heavy atom. The summed E-state index contributed by atoms with van der Waals surface area (Å²) >= 11 is 19.7. The topological polar surface area (TPSA) is 59.3 Å². The molecule has 0 aliphatic rings. The van der Waals surface area contributed by atoms with E-state index in [1.54, 1.807) is 48.5 Å². The highest BCUT2D eigenvalue weighted by Gasteiger charge is 2.42. The van der Waals surface area contributed by atoms with Gasteiger partial charge < -0.3 is 4.42 Å². The van der Waals surface area contributed by atoms with E-state index in [1.165, 1.54) is 18.3 Å². The molecule has 0 aliphatic carbocycles. The van der Waals surface area contributed by atoms with Crippen LogP contribution in [0.2, 0.25) is 15.1 Å². The molecular formula is C23H15Cl3F3NO3S2. The normalized spacial score (nSPS) is 12.3. The largest absolute Gasteiger partial charge is 0.455 e. The summed E-state index contributed by atoms with van der Waals surface area (Å²) in [5.74, 6) is -1.73. The van der Waals surface area contributed by atoms with Crippen LogP contribution in [-0.2, 0) is 22.7 Å². The summed E-state index contributed by atoms with van der Waals surface area (Å²) in [6.07, 6.45) is -4.96. The molecule has 0 bridgehead atoms. The fourth-order valence-electron chi connectivity index (χ4n) is 3.38. The van der Waals surface area contributed by atoms with Gasteiger partial charge in [-0.2, -0.15) is 13.2 Å². The van der Waals surface area contributed by atoms with Crippen molar-refractivity contribution in [3.05, 3.63) is 86.1 Å². The minimum atomic E-state index is -4.96. The summed E-state index contributed by atoms with van der Waals surface area (Å²) < 4.78 is 72.1. The molecule has 2 aromatic carbocycles. The van der Waals surface area contributed by atoms with Crippen LogP contribution < -0.4 is 4.72 Å². The minimum Gasteiger partial charge on any atom is -0.455 e. The van der Waals surface area contributed by atoms with Crippen molar-refractivity contribution in [1.29, 1.82) is 0 Å². The number of sulfonamides is 1. The van der Waals surface area contributed by atoms with Gasteiger partial charge in [-0.05, 0) is 42.8 Å². The zero-order valence-electron chi connectivity index (χ0n) is 17.7. The molecule has 12 heteroatoms. The molecule has 4 aromatic rings. The Morgan fingerprint density at radius 2 is 1.60 bits per heavy atom. The van der Waals surface area contributed by atoms with Crippen molar-refractivity contribution in [2.45, 2.75) is 24.5 Å². The Morgan fingerprint density at radius 1 is 0.943 bits per heavy atom. The molecule has 35 heavy (non-hydrogen) atoms. The van der Waals surface area contributed by atoms with E-state index in [4.69, 9.17) is 34.8 Å². The molecule has 4 rings (SSSR count). The van der Waals surface area contributed by atoms with Crippen molar-refractivity contribution >= 4 is 56.2 Å². The maximum absolute atomic E-state index is 13.3. The highest BCUT2D eigenvalue weighted by Crippen LogP contribution is 2.43. The van der Waals surface area contributed by atoms with Crippen LogP contribution in [-0.4, -0.2) is 8.42 Å². The lowest BCUT2D eigenvalue weighted by molar-refractivity contribution is -0.155. The Balaban J connectivity index is 1.72. The first kappa shape index (κ1) is 26.1. The number of aryl methyl sites for hydroxylation is 1. The molecule has 0 aliphatic heterocycles. The van der Waals surface area contributed by atoms with Crippen LogP contribution in [0.3, 0.4) is 0 Å². The van der Waals surface area contributed by atoms with Gasteiger partial charge in [-0.1, -0.05) is 53.0 Å². The second-order valence-corrected chi connectivity index (χ2v) is 11.6. The first-order valence-corrected chi connectivity index (χ1v) is 13.3. The molecule has 184 valence electrons. The molecule has 0 saturated heterocycles. The first-order valence-electron chi connectivity index (χ1n) is 9.86. The average molecular weight is 581 g/mol. The summed E-state index contributed by atoms with van der Waals surface area (Å²) in [6, 6.07) is 14.6. The van der Waals surface area contributed by atoms with Crippen molar-refractivity contribution in [3.63, 3.8) is 0 Å². The summed E-state index contributed by atoms with van der Waals surface area (Å²) in [6.45, 7) is 0.994. The number of nitrogens with one attached hydrogen (secondary N) is 1. The lowest BCUT2D eigenvalue weighted by Gasteiger charge is -2.08. The number of rotatable bonds is 6. The van der Waals surface area contributed by atoms with E-state index < -0.39 is 26.9 Å². The van der Waals surface area contributed by atoms with Gasteiger partial charge in [0.05, 0.1) is 5.02 Å². The maximum atomic E-state index is 13.3. The number of furan rings is 1. The molecule has 0 saturated carbocycles. The molecule has 0 unspecified atom stereocenters. The number of halogens is 6. The molecule has 4 nitrogen and oxygen atoms in total. The summed E-state index contributed by atoms with van der Waals surface area (Å²) in [5.41, 5.74) is 2.22.